The number of sulfonamides is 1. The molecule has 4 aromatic rings. The van der Waals surface area contributed by atoms with E-state index in [2.05, 4.69) is 4.98 Å². The standard InChI is InChI=1S/C26H23ClN2O4S/c27-23-9-6-19(7-10-23)17-32-18-20-8-11-24-22(15-20)16-29(13-14-33-24)34(30,31)25-5-1-3-21-4-2-12-28-26(21)25/h1-12,15H,13-14,16-18H2. The van der Waals surface area contributed by atoms with Crippen LogP contribution < -0.4 is 4.74 Å². The molecule has 0 radical (unpaired) electrons. The van der Waals surface area contributed by atoms with Gasteiger partial charge in [-0.3, -0.25) is 4.98 Å². The third-order valence-corrected chi connectivity index (χ3v) is 7.86. The smallest absolute Gasteiger partial charge is 0.245 e. The lowest BCUT2D eigenvalue weighted by molar-refractivity contribution is 0.107. The van der Waals surface area contributed by atoms with Crippen LogP contribution in [0.1, 0.15) is 16.7 Å². The summed E-state index contributed by atoms with van der Waals surface area (Å²) >= 11 is 5.93. The van der Waals surface area contributed by atoms with Gasteiger partial charge in [0.15, 0.2) is 0 Å². The quantitative estimate of drug-likeness (QED) is 0.369. The van der Waals surface area contributed by atoms with E-state index in [1.54, 1.807) is 24.4 Å². The van der Waals surface area contributed by atoms with E-state index >= 15 is 0 Å². The highest BCUT2D eigenvalue weighted by atomic mass is 35.5. The van der Waals surface area contributed by atoms with Crippen molar-refractivity contribution in [3.8, 4) is 5.75 Å². The van der Waals surface area contributed by atoms with E-state index in [9.17, 15) is 8.42 Å². The topological polar surface area (TPSA) is 68.7 Å². The highest BCUT2D eigenvalue weighted by Crippen LogP contribution is 2.30. The second-order valence-electron chi connectivity index (χ2n) is 8.08. The van der Waals surface area contributed by atoms with Crippen molar-refractivity contribution >= 4 is 32.5 Å². The normalized spacial score (nSPS) is 14.4. The Morgan fingerprint density at radius 3 is 2.59 bits per heavy atom. The summed E-state index contributed by atoms with van der Waals surface area (Å²) in [4.78, 5) is 4.53. The SMILES string of the molecule is O=S(=O)(c1cccc2cccnc12)N1CCOc2ccc(COCc3ccc(Cl)cc3)cc2C1. The molecule has 0 bridgehead atoms. The number of pyridine rings is 1. The lowest BCUT2D eigenvalue weighted by atomic mass is 10.1. The summed E-state index contributed by atoms with van der Waals surface area (Å²) < 4.78 is 40.4. The predicted octanol–water partition coefficient (Wildman–Crippen LogP) is 5.19. The molecule has 8 heteroatoms. The van der Waals surface area contributed by atoms with Gasteiger partial charge in [0.1, 0.15) is 17.3 Å². The fourth-order valence-electron chi connectivity index (χ4n) is 4.01. The highest BCUT2D eigenvalue weighted by Gasteiger charge is 2.29. The fraction of sp³-hybridized carbons (Fsp3) is 0.192. The summed E-state index contributed by atoms with van der Waals surface area (Å²) in [5.41, 5.74) is 3.26. The van der Waals surface area contributed by atoms with Crippen LogP contribution in [-0.2, 0) is 34.5 Å². The molecule has 0 atom stereocenters. The number of ether oxygens (including phenoxy) is 2. The van der Waals surface area contributed by atoms with Crippen molar-refractivity contribution in [3.63, 3.8) is 0 Å². The fourth-order valence-corrected chi connectivity index (χ4v) is 5.70. The number of rotatable bonds is 6. The van der Waals surface area contributed by atoms with Crippen molar-refractivity contribution in [1.29, 1.82) is 0 Å². The van der Waals surface area contributed by atoms with Crippen LogP contribution in [0.5, 0.6) is 5.75 Å². The van der Waals surface area contributed by atoms with Crippen molar-refractivity contribution in [2.75, 3.05) is 13.2 Å². The third-order valence-electron chi connectivity index (χ3n) is 5.73. The molecule has 2 heterocycles. The maximum atomic E-state index is 13.6. The first-order chi connectivity index (χ1) is 16.5. The van der Waals surface area contributed by atoms with Crippen LogP contribution in [0.2, 0.25) is 5.02 Å². The number of hydrogen-bond acceptors (Lipinski definition) is 5. The monoisotopic (exact) mass is 494 g/mol. The first kappa shape index (κ1) is 22.8. The van der Waals surface area contributed by atoms with E-state index in [1.165, 1.54) is 4.31 Å². The van der Waals surface area contributed by atoms with Crippen molar-refractivity contribution in [2.45, 2.75) is 24.7 Å². The van der Waals surface area contributed by atoms with Crippen LogP contribution >= 0.6 is 11.6 Å². The van der Waals surface area contributed by atoms with E-state index in [0.717, 1.165) is 22.1 Å². The maximum Gasteiger partial charge on any atom is 0.245 e. The molecule has 34 heavy (non-hydrogen) atoms. The number of hydrogen-bond donors (Lipinski definition) is 0. The molecule has 0 N–H and O–H groups in total. The average molecular weight is 495 g/mol. The molecular weight excluding hydrogens is 472 g/mol. The van der Waals surface area contributed by atoms with Crippen molar-refractivity contribution < 1.29 is 17.9 Å². The van der Waals surface area contributed by atoms with Crippen molar-refractivity contribution in [1.82, 2.24) is 9.29 Å². The zero-order valence-electron chi connectivity index (χ0n) is 18.4. The van der Waals surface area contributed by atoms with Gasteiger partial charge in [-0.25, -0.2) is 8.42 Å². The Hall–Kier alpha value is -2.97. The maximum absolute atomic E-state index is 13.6. The molecule has 0 aliphatic carbocycles. The Kier molecular flexibility index (Phi) is 6.52. The van der Waals surface area contributed by atoms with Crippen LogP contribution in [-0.4, -0.2) is 30.9 Å². The highest BCUT2D eigenvalue weighted by molar-refractivity contribution is 7.89. The predicted molar refractivity (Wildman–Crippen MR) is 131 cm³/mol. The van der Waals surface area contributed by atoms with E-state index in [4.69, 9.17) is 21.1 Å². The summed E-state index contributed by atoms with van der Waals surface area (Å²) in [6, 6.07) is 22.2. The third kappa shape index (κ3) is 4.79. The zero-order valence-corrected chi connectivity index (χ0v) is 19.9. The largest absolute Gasteiger partial charge is 0.492 e. The number of halogens is 1. The molecule has 0 fully saturated rings. The summed E-state index contributed by atoms with van der Waals surface area (Å²) in [5.74, 6) is 0.690. The average Bonchev–Trinajstić information content (AvgIpc) is 3.07. The van der Waals surface area contributed by atoms with Crippen LogP contribution in [0.25, 0.3) is 10.9 Å². The molecule has 6 nitrogen and oxygen atoms in total. The number of nitrogens with zero attached hydrogens (tertiary/aromatic N) is 2. The van der Waals surface area contributed by atoms with Crippen LogP contribution in [0, 0.1) is 0 Å². The van der Waals surface area contributed by atoms with Crippen LogP contribution in [0.15, 0.2) is 83.9 Å². The molecule has 5 rings (SSSR count). The molecular formula is C26H23ClN2O4S. The van der Waals surface area contributed by atoms with Gasteiger partial charge in [-0.15, -0.1) is 0 Å². The van der Waals surface area contributed by atoms with Crippen molar-refractivity contribution in [3.05, 3.63) is 101 Å². The molecule has 1 aromatic heterocycles. The van der Waals surface area contributed by atoms with Gasteiger partial charge in [-0.2, -0.15) is 4.31 Å². The molecule has 0 saturated heterocycles. The summed E-state index contributed by atoms with van der Waals surface area (Å²) in [6.45, 7) is 1.60. The second-order valence-corrected chi connectivity index (χ2v) is 10.4. The molecule has 0 amide bonds. The molecule has 3 aromatic carbocycles. The lowest BCUT2D eigenvalue weighted by Gasteiger charge is -2.20. The number of para-hydroxylation sites is 1. The Labute approximate surface area is 203 Å². The van der Waals surface area contributed by atoms with Crippen LogP contribution in [0.4, 0.5) is 0 Å². The number of benzene rings is 3. The molecule has 1 aliphatic rings. The van der Waals surface area contributed by atoms with E-state index < -0.39 is 10.0 Å². The van der Waals surface area contributed by atoms with Gasteiger partial charge < -0.3 is 9.47 Å². The van der Waals surface area contributed by atoms with Gasteiger partial charge in [0.2, 0.25) is 10.0 Å². The minimum Gasteiger partial charge on any atom is -0.492 e. The van der Waals surface area contributed by atoms with E-state index in [-0.39, 0.29) is 24.6 Å². The summed E-state index contributed by atoms with van der Waals surface area (Å²) in [6.07, 6.45) is 1.61. The second kappa shape index (κ2) is 9.72. The number of fused-ring (bicyclic) bond motifs is 2. The van der Waals surface area contributed by atoms with Gasteiger partial charge in [0.25, 0.3) is 0 Å². The van der Waals surface area contributed by atoms with Gasteiger partial charge in [-0.05, 0) is 47.5 Å². The van der Waals surface area contributed by atoms with E-state index in [0.29, 0.717) is 29.5 Å². The Balaban J connectivity index is 1.35. The minimum atomic E-state index is -3.78. The molecule has 174 valence electrons. The molecule has 0 unspecified atom stereocenters. The van der Waals surface area contributed by atoms with E-state index in [1.807, 2.05) is 54.6 Å². The first-order valence-corrected chi connectivity index (χ1v) is 12.7. The number of aromatic nitrogens is 1. The van der Waals surface area contributed by atoms with Gasteiger partial charge in [0, 0.05) is 35.3 Å². The summed E-state index contributed by atoms with van der Waals surface area (Å²) in [7, 11) is -3.78. The van der Waals surface area contributed by atoms with Crippen molar-refractivity contribution in [2.24, 2.45) is 0 Å². The van der Waals surface area contributed by atoms with Gasteiger partial charge in [0.05, 0.1) is 18.7 Å². The Morgan fingerprint density at radius 2 is 1.74 bits per heavy atom. The Bertz CT molecular complexity index is 1420. The minimum absolute atomic E-state index is 0.205. The lowest BCUT2D eigenvalue weighted by Crippen LogP contribution is -2.32. The van der Waals surface area contributed by atoms with Gasteiger partial charge in [-0.1, -0.05) is 48.0 Å². The Morgan fingerprint density at radius 1 is 0.971 bits per heavy atom. The zero-order chi connectivity index (χ0) is 23.5. The molecule has 0 spiro atoms. The van der Waals surface area contributed by atoms with Crippen LogP contribution in [0.3, 0.4) is 0 Å². The first-order valence-electron chi connectivity index (χ1n) is 10.9. The van der Waals surface area contributed by atoms with Gasteiger partial charge >= 0.3 is 0 Å². The summed E-state index contributed by atoms with van der Waals surface area (Å²) in [5, 5.41) is 1.48. The molecule has 1 aliphatic heterocycles. The molecule has 0 saturated carbocycles.